The Hall–Kier alpha value is -2.32. The summed E-state index contributed by atoms with van der Waals surface area (Å²) in [5.41, 5.74) is 0.409. The number of pyridine rings is 1. The molecule has 0 radical (unpaired) electrons. The van der Waals surface area contributed by atoms with Gasteiger partial charge >= 0.3 is 0 Å². The van der Waals surface area contributed by atoms with E-state index in [0.717, 1.165) is 13.1 Å². The van der Waals surface area contributed by atoms with Crippen LogP contribution in [-0.4, -0.2) is 52.1 Å². The average Bonchev–Trinajstić information content (AvgIpc) is 2.57. The predicted octanol–water partition coefficient (Wildman–Crippen LogP) is 2.25. The van der Waals surface area contributed by atoms with E-state index in [1.807, 2.05) is 21.0 Å². The van der Waals surface area contributed by atoms with Gasteiger partial charge in [0.2, 0.25) is 0 Å². The molecule has 1 heterocycles. The van der Waals surface area contributed by atoms with E-state index in [1.54, 1.807) is 24.3 Å². The third-order valence-electron chi connectivity index (χ3n) is 3.33. The lowest BCUT2D eigenvalue weighted by Gasteiger charge is -2.12. The van der Waals surface area contributed by atoms with Crippen LogP contribution in [0.25, 0.3) is 0 Å². The number of ether oxygens (including phenoxy) is 1. The zero-order valence-electron chi connectivity index (χ0n) is 14.7. The summed E-state index contributed by atoms with van der Waals surface area (Å²) in [5, 5.41) is 3.17. The molecule has 8 heteroatoms. The molecule has 0 bridgehead atoms. The molecule has 136 valence electrons. The number of hydrogen-bond donors (Lipinski definition) is 2. The van der Waals surface area contributed by atoms with Gasteiger partial charge in [-0.3, -0.25) is 4.72 Å². The minimum absolute atomic E-state index is 0.170. The predicted molar refractivity (Wildman–Crippen MR) is 99.7 cm³/mol. The van der Waals surface area contributed by atoms with Crippen molar-refractivity contribution in [1.29, 1.82) is 0 Å². The molecule has 0 saturated carbocycles. The Morgan fingerprint density at radius 2 is 1.84 bits per heavy atom. The summed E-state index contributed by atoms with van der Waals surface area (Å²) in [6, 6.07) is 9.71. The van der Waals surface area contributed by atoms with Crippen molar-refractivity contribution in [3.8, 4) is 5.75 Å². The molecule has 1 aromatic heterocycles. The molecule has 1 aromatic carbocycles. The van der Waals surface area contributed by atoms with Gasteiger partial charge < -0.3 is 15.0 Å². The first kappa shape index (κ1) is 19.0. The summed E-state index contributed by atoms with van der Waals surface area (Å²) in [4.78, 5) is 6.45. The first-order valence-corrected chi connectivity index (χ1v) is 9.49. The van der Waals surface area contributed by atoms with Gasteiger partial charge in [0.25, 0.3) is 10.0 Å². The molecule has 0 saturated heterocycles. The highest BCUT2D eigenvalue weighted by atomic mass is 32.2. The Morgan fingerprint density at radius 3 is 2.40 bits per heavy atom. The zero-order valence-corrected chi connectivity index (χ0v) is 15.5. The number of likely N-dealkylation sites (N-methyl/N-ethyl adjacent to an activating group) is 1. The molecule has 0 amide bonds. The van der Waals surface area contributed by atoms with Crippen molar-refractivity contribution >= 4 is 21.5 Å². The molecular weight excluding hydrogens is 340 g/mol. The van der Waals surface area contributed by atoms with Crippen LogP contribution in [0.5, 0.6) is 5.75 Å². The van der Waals surface area contributed by atoms with Crippen molar-refractivity contribution < 1.29 is 13.2 Å². The molecule has 0 aliphatic heterocycles. The molecule has 25 heavy (non-hydrogen) atoms. The second kappa shape index (κ2) is 8.68. The van der Waals surface area contributed by atoms with Gasteiger partial charge in [0.15, 0.2) is 0 Å². The Labute approximate surface area is 149 Å². The lowest BCUT2D eigenvalue weighted by Crippen LogP contribution is -2.21. The molecule has 0 fully saturated rings. The van der Waals surface area contributed by atoms with Crippen LogP contribution in [0.2, 0.25) is 0 Å². The highest BCUT2D eigenvalue weighted by Crippen LogP contribution is 2.19. The fourth-order valence-electron chi connectivity index (χ4n) is 2.06. The minimum Gasteiger partial charge on any atom is -0.494 e. The third-order valence-corrected chi connectivity index (χ3v) is 4.72. The van der Waals surface area contributed by atoms with Crippen LogP contribution in [0.3, 0.4) is 0 Å². The molecular formula is C17H24N4O3S. The maximum Gasteiger partial charge on any atom is 0.261 e. The molecule has 7 nitrogen and oxygen atoms in total. The van der Waals surface area contributed by atoms with Gasteiger partial charge in [-0.05, 0) is 57.4 Å². The number of nitrogens with zero attached hydrogens (tertiary/aromatic N) is 2. The quantitative estimate of drug-likeness (QED) is 0.710. The van der Waals surface area contributed by atoms with Crippen LogP contribution in [-0.2, 0) is 10.0 Å². The summed E-state index contributed by atoms with van der Waals surface area (Å²) in [6.07, 6.45) is 1.49. The third kappa shape index (κ3) is 5.91. The van der Waals surface area contributed by atoms with Crippen molar-refractivity contribution in [3.63, 3.8) is 0 Å². The van der Waals surface area contributed by atoms with E-state index in [-0.39, 0.29) is 4.90 Å². The van der Waals surface area contributed by atoms with E-state index in [4.69, 9.17) is 4.74 Å². The van der Waals surface area contributed by atoms with Crippen LogP contribution in [0.15, 0.2) is 47.5 Å². The normalized spacial score (nSPS) is 11.4. The summed E-state index contributed by atoms with van der Waals surface area (Å²) >= 11 is 0. The Bertz CT molecular complexity index is 759. The fourth-order valence-corrected chi connectivity index (χ4v) is 3.11. The van der Waals surface area contributed by atoms with E-state index < -0.39 is 10.0 Å². The lowest BCUT2D eigenvalue weighted by atomic mass is 10.3. The maximum absolute atomic E-state index is 12.4. The number of rotatable bonds is 9. The van der Waals surface area contributed by atoms with Crippen LogP contribution >= 0.6 is 0 Å². The molecule has 0 aliphatic rings. The van der Waals surface area contributed by atoms with Crippen molar-refractivity contribution in [1.82, 2.24) is 9.88 Å². The highest BCUT2D eigenvalue weighted by Gasteiger charge is 2.14. The van der Waals surface area contributed by atoms with E-state index >= 15 is 0 Å². The van der Waals surface area contributed by atoms with Crippen LogP contribution < -0.4 is 14.8 Å². The lowest BCUT2D eigenvalue weighted by molar-refractivity contribution is 0.340. The molecule has 2 N–H and O–H groups in total. The van der Waals surface area contributed by atoms with Gasteiger partial charge in [0, 0.05) is 13.1 Å². The van der Waals surface area contributed by atoms with E-state index in [0.29, 0.717) is 23.9 Å². The van der Waals surface area contributed by atoms with Crippen molar-refractivity contribution in [2.45, 2.75) is 11.8 Å². The number of sulfonamides is 1. The average molecular weight is 364 g/mol. The van der Waals surface area contributed by atoms with Crippen LogP contribution in [0.1, 0.15) is 6.92 Å². The molecule has 0 spiro atoms. The van der Waals surface area contributed by atoms with Gasteiger partial charge in [0.05, 0.1) is 23.4 Å². The molecule has 2 rings (SSSR count). The second-order valence-corrected chi connectivity index (χ2v) is 7.35. The SMILES string of the molecule is CCOc1ccc(S(=O)(=O)Nc2ccc(NCCN(C)C)nc2)cc1. The van der Waals surface area contributed by atoms with E-state index in [1.165, 1.54) is 18.3 Å². The first-order chi connectivity index (χ1) is 11.9. The molecule has 2 aromatic rings. The number of anilines is 2. The first-order valence-electron chi connectivity index (χ1n) is 8.01. The van der Waals surface area contributed by atoms with E-state index in [2.05, 4.69) is 19.9 Å². The van der Waals surface area contributed by atoms with Gasteiger partial charge in [-0.25, -0.2) is 13.4 Å². The number of benzene rings is 1. The summed E-state index contributed by atoms with van der Waals surface area (Å²) < 4.78 is 32.6. The van der Waals surface area contributed by atoms with Gasteiger partial charge in [-0.15, -0.1) is 0 Å². The van der Waals surface area contributed by atoms with Gasteiger partial charge in [0.1, 0.15) is 11.6 Å². The summed E-state index contributed by atoms with van der Waals surface area (Å²) in [7, 11) is 0.329. The Kier molecular flexibility index (Phi) is 6.60. The van der Waals surface area contributed by atoms with Crippen LogP contribution in [0, 0.1) is 0 Å². The Morgan fingerprint density at radius 1 is 1.12 bits per heavy atom. The largest absolute Gasteiger partial charge is 0.494 e. The molecule has 0 atom stereocenters. The second-order valence-electron chi connectivity index (χ2n) is 5.67. The minimum atomic E-state index is -3.66. The van der Waals surface area contributed by atoms with Crippen LogP contribution in [0.4, 0.5) is 11.5 Å². The maximum atomic E-state index is 12.4. The number of aromatic nitrogens is 1. The van der Waals surface area contributed by atoms with Crippen molar-refractivity contribution in [3.05, 3.63) is 42.6 Å². The topological polar surface area (TPSA) is 83.6 Å². The van der Waals surface area contributed by atoms with Gasteiger partial charge in [-0.1, -0.05) is 0 Å². The highest BCUT2D eigenvalue weighted by molar-refractivity contribution is 7.92. The summed E-state index contributed by atoms with van der Waals surface area (Å²) in [6.45, 7) is 4.05. The van der Waals surface area contributed by atoms with Crippen molar-refractivity contribution in [2.24, 2.45) is 0 Å². The standard InChI is InChI=1S/C17H24N4O3S/c1-4-24-15-6-8-16(9-7-15)25(22,23)20-14-5-10-17(19-13-14)18-11-12-21(2)3/h5-10,13,20H,4,11-12H2,1-3H3,(H,18,19). The smallest absolute Gasteiger partial charge is 0.261 e. The fraction of sp³-hybridized carbons (Fsp3) is 0.353. The van der Waals surface area contributed by atoms with Crippen molar-refractivity contribution in [2.75, 3.05) is 43.8 Å². The number of hydrogen-bond acceptors (Lipinski definition) is 6. The molecule has 0 aliphatic carbocycles. The molecule has 0 unspecified atom stereocenters. The number of nitrogens with one attached hydrogen (secondary N) is 2. The van der Waals surface area contributed by atoms with E-state index in [9.17, 15) is 8.42 Å². The Balaban J connectivity index is 2.00. The summed E-state index contributed by atoms with van der Waals surface area (Å²) in [5.74, 6) is 1.34. The zero-order chi connectivity index (χ0) is 18.3. The monoisotopic (exact) mass is 364 g/mol. The van der Waals surface area contributed by atoms with Gasteiger partial charge in [-0.2, -0.15) is 0 Å².